The molecule has 0 heterocycles. The topological polar surface area (TPSA) is 12.0 Å². The van der Waals surface area contributed by atoms with Gasteiger partial charge >= 0.3 is 0 Å². The third kappa shape index (κ3) is 3.04. The Kier molecular flexibility index (Phi) is 4.72. The van der Waals surface area contributed by atoms with Gasteiger partial charge in [-0.15, -0.1) is 0 Å². The first-order chi connectivity index (χ1) is 9.15. The van der Waals surface area contributed by atoms with E-state index < -0.39 is 0 Å². The van der Waals surface area contributed by atoms with Crippen LogP contribution in [0.5, 0.6) is 0 Å². The van der Waals surface area contributed by atoms with Crippen LogP contribution in [0.4, 0.5) is 4.39 Å². The third-order valence-corrected chi connectivity index (χ3v) is 3.89. The van der Waals surface area contributed by atoms with Gasteiger partial charge in [0.2, 0.25) is 0 Å². The largest absolute Gasteiger partial charge is 0.306 e. The Hall–Kier alpha value is -1.19. The van der Waals surface area contributed by atoms with Gasteiger partial charge in [-0.2, -0.15) is 0 Å². The summed E-state index contributed by atoms with van der Waals surface area (Å²) in [4.78, 5) is 0. The van der Waals surface area contributed by atoms with E-state index in [1.165, 1.54) is 6.07 Å². The lowest BCUT2D eigenvalue weighted by Crippen LogP contribution is -2.24. The first kappa shape index (κ1) is 14.2. The minimum Gasteiger partial charge on any atom is -0.306 e. The van der Waals surface area contributed by atoms with Gasteiger partial charge < -0.3 is 5.32 Å². The summed E-state index contributed by atoms with van der Waals surface area (Å²) in [6.45, 7) is 4.86. The number of halogens is 2. The monoisotopic (exact) mass is 321 g/mol. The third-order valence-electron chi connectivity index (χ3n) is 3.20. The van der Waals surface area contributed by atoms with E-state index >= 15 is 0 Å². The fourth-order valence-electron chi connectivity index (χ4n) is 2.27. The van der Waals surface area contributed by atoms with Crippen molar-refractivity contribution in [2.24, 2.45) is 0 Å². The smallest absolute Gasteiger partial charge is 0.129 e. The predicted molar refractivity (Wildman–Crippen MR) is 80.8 cm³/mol. The Labute approximate surface area is 122 Å². The molecule has 0 saturated heterocycles. The van der Waals surface area contributed by atoms with E-state index in [2.05, 4.69) is 34.2 Å². The van der Waals surface area contributed by atoms with Crippen LogP contribution in [0.1, 0.15) is 29.7 Å². The van der Waals surface area contributed by atoms with Crippen molar-refractivity contribution in [1.29, 1.82) is 0 Å². The summed E-state index contributed by atoms with van der Waals surface area (Å²) in [5.41, 5.74) is 2.93. The number of hydrogen-bond acceptors (Lipinski definition) is 1. The number of nitrogens with one attached hydrogen (secondary N) is 1. The second kappa shape index (κ2) is 6.31. The SMILES string of the molecule is CCNC(c1ccccc1C)c1c(F)cccc1Br. The number of rotatable bonds is 4. The zero-order valence-electron chi connectivity index (χ0n) is 11.1. The summed E-state index contributed by atoms with van der Waals surface area (Å²) in [5.74, 6) is -0.191. The maximum Gasteiger partial charge on any atom is 0.129 e. The van der Waals surface area contributed by atoms with E-state index in [1.807, 2.05) is 31.2 Å². The molecule has 2 aromatic carbocycles. The van der Waals surface area contributed by atoms with E-state index in [-0.39, 0.29) is 11.9 Å². The van der Waals surface area contributed by atoms with Gasteiger partial charge in [0.1, 0.15) is 5.82 Å². The average molecular weight is 322 g/mol. The molecule has 0 saturated carbocycles. The van der Waals surface area contributed by atoms with Crippen LogP contribution < -0.4 is 5.32 Å². The van der Waals surface area contributed by atoms with Gasteiger partial charge in [-0.1, -0.05) is 53.2 Å². The predicted octanol–water partition coefficient (Wildman–Crippen LogP) is 4.60. The molecule has 0 bridgehead atoms. The Morgan fingerprint density at radius 3 is 2.53 bits per heavy atom. The van der Waals surface area contributed by atoms with Gasteiger partial charge in [0, 0.05) is 10.0 Å². The number of hydrogen-bond donors (Lipinski definition) is 1. The van der Waals surface area contributed by atoms with E-state index in [1.54, 1.807) is 6.07 Å². The van der Waals surface area contributed by atoms with Crippen LogP contribution >= 0.6 is 15.9 Å². The van der Waals surface area contributed by atoms with Gasteiger partial charge in [-0.05, 0) is 36.7 Å². The lowest BCUT2D eigenvalue weighted by atomic mass is 9.94. The summed E-state index contributed by atoms with van der Waals surface area (Å²) < 4.78 is 15.0. The van der Waals surface area contributed by atoms with Crippen LogP contribution in [0.15, 0.2) is 46.9 Å². The lowest BCUT2D eigenvalue weighted by molar-refractivity contribution is 0.555. The molecule has 19 heavy (non-hydrogen) atoms. The van der Waals surface area contributed by atoms with Crippen LogP contribution in [-0.4, -0.2) is 6.54 Å². The summed E-state index contributed by atoms with van der Waals surface area (Å²) in [5, 5.41) is 3.37. The van der Waals surface area contributed by atoms with Crippen molar-refractivity contribution in [2.45, 2.75) is 19.9 Å². The Bertz CT molecular complexity index is 548. The highest BCUT2D eigenvalue weighted by atomic mass is 79.9. The molecule has 2 rings (SSSR count). The quantitative estimate of drug-likeness (QED) is 0.868. The molecule has 0 amide bonds. The zero-order valence-corrected chi connectivity index (χ0v) is 12.7. The van der Waals surface area contributed by atoms with E-state index in [0.29, 0.717) is 5.56 Å². The molecule has 0 aliphatic carbocycles. The van der Waals surface area contributed by atoms with Crippen molar-refractivity contribution < 1.29 is 4.39 Å². The molecule has 1 nitrogen and oxygen atoms in total. The highest BCUT2D eigenvalue weighted by Gasteiger charge is 2.20. The van der Waals surface area contributed by atoms with Gasteiger partial charge in [0.25, 0.3) is 0 Å². The molecular formula is C16H17BrFN. The van der Waals surface area contributed by atoms with Crippen molar-refractivity contribution >= 4 is 15.9 Å². The fraction of sp³-hybridized carbons (Fsp3) is 0.250. The zero-order chi connectivity index (χ0) is 13.8. The number of aryl methyl sites for hydroxylation is 1. The van der Waals surface area contributed by atoms with E-state index in [4.69, 9.17) is 0 Å². The second-order valence-electron chi connectivity index (χ2n) is 4.48. The summed E-state index contributed by atoms with van der Waals surface area (Å²) in [7, 11) is 0. The molecule has 1 atom stereocenters. The van der Waals surface area contributed by atoms with Gasteiger partial charge in [0.15, 0.2) is 0 Å². The van der Waals surface area contributed by atoms with Crippen LogP contribution in [0.3, 0.4) is 0 Å². The normalized spacial score (nSPS) is 12.4. The second-order valence-corrected chi connectivity index (χ2v) is 5.34. The minimum atomic E-state index is -0.191. The molecule has 2 aromatic rings. The van der Waals surface area contributed by atoms with Crippen LogP contribution in [0, 0.1) is 12.7 Å². The first-order valence-electron chi connectivity index (χ1n) is 6.38. The Morgan fingerprint density at radius 1 is 1.16 bits per heavy atom. The van der Waals surface area contributed by atoms with Gasteiger partial charge in [-0.25, -0.2) is 4.39 Å². The molecule has 3 heteroatoms. The Balaban J connectivity index is 2.55. The molecule has 0 spiro atoms. The number of benzene rings is 2. The highest BCUT2D eigenvalue weighted by Crippen LogP contribution is 2.32. The molecule has 0 aromatic heterocycles. The molecule has 0 aliphatic heterocycles. The average Bonchev–Trinajstić information content (AvgIpc) is 2.38. The summed E-state index contributed by atoms with van der Waals surface area (Å²) in [6.07, 6.45) is 0. The lowest BCUT2D eigenvalue weighted by Gasteiger charge is -2.22. The molecular weight excluding hydrogens is 305 g/mol. The van der Waals surface area contributed by atoms with E-state index in [0.717, 1.165) is 22.1 Å². The van der Waals surface area contributed by atoms with Crippen LogP contribution in [-0.2, 0) is 0 Å². The van der Waals surface area contributed by atoms with Crippen molar-refractivity contribution in [2.75, 3.05) is 6.54 Å². The van der Waals surface area contributed by atoms with Crippen molar-refractivity contribution in [3.8, 4) is 0 Å². The molecule has 1 N–H and O–H groups in total. The molecule has 1 unspecified atom stereocenters. The first-order valence-corrected chi connectivity index (χ1v) is 7.17. The fourth-order valence-corrected chi connectivity index (χ4v) is 2.84. The van der Waals surface area contributed by atoms with Crippen molar-refractivity contribution in [1.82, 2.24) is 5.32 Å². The maximum absolute atomic E-state index is 14.2. The molecule has 0 fully saturated rings. The van der Waals surface area contributed by atoms with E-state index in [9.17, 15) is 4.39 Å². The minimum absolute atomic E-state index is 0.137. The molecule has 0 radical (unpaired) electrons. The Morgan fingerprint density at radius 2 is 1.89 bits per heavy atom. The molecule has 100 valence electrons. The van der Waals surface area contributed by atoms with Crippen molar-refractivity contribution in [3.05, 3.63) is 69.4 Å². The van der Waals surface area contributed by atoms with Crippen LogP contribution in [0.25, 0.3) is 0 Å². The maximum atomic E-state index is 14.2. The van der Waals surface area contributed by atoms with Crippen molar-refractivity contribution in [3.63, 3.8) is 0 Å². The summed E-state index contributed by atoms with van der Waals surface area (Å²) in [6, 6.07) is 13.0. The van der Waals surface area contributed by atoms with Crippen LogP contribution in [0.2, 0.25) is 0 Å². The van der Waals surface area contributed by atoms with Gasteiger partial charge in [-0.3, -0.25) is 0 Å². The molecule has 0 aliphatic rings. The van der Waals surface area contributed by atoms with Gasteiger partial charge in [0.05, 0.1) is 6.04 Å². The standard InChI is InChI=1S/C16H17BrFN/c1-3-19-16(12-8-5-4-7-11(12)2)15-13(17)9-6-10-14(15)18/h4-10,16,19H,3H2,1-2H3. The highest BCUT2D eigenvalue weighted by molar-refractivity contribution is 9.10. The summed E-state index contributed by atoms with van der Waals surface area (Å²) >= 11 is 3.46.